The number of aliphatic hydroxyl groups excluding tert-OH is 1. The van der Waals surface area contributed by atoms with Crippen molar-refractivity contribution in [1.82, 2.24) is 0 Å². The number of methoxy groups -OCH3 is 1. The van der Waals surface area contributed by atoms with Crippen LogP contribution in [0.4, 0.5) is 5.69 Å². The Labute approximate surface area is 193 Å². The van der Waals surface area contributed by atoms with Crippen LogP contribution in [-0.4, -0.2) is 57.5 Å². The summed E-state index contributed by atoms with van der Waals surface area (Å²) in [4.78, 5) is 4.11. The number of para-hydroxylation sites is 2. The van der Waals surface area contributed by atoms with Crippen LogP contribution >= 0.6 is 0 Å². The fourth-order valence-corrected chi connectivity index (χ4v) is 4.02. The standard InChI is InChI=1S/C23H33N3O2.2ClH/c1-19(23(27)20-9-4-3-5-10-20)24-13-8-14-25-15-17-26(18-16-25)21-11-6-7-12-22(21)28-2;;/h3-7,9-12,19,23-24,27H,8,13-18H2,1-2H3;2*1H. The number of piperazine rings is 1. The molecular formula is C23H35Cl2N3O2. The molecule has 7 heteroatoms. The van der Waals surface area contributed by atoms with E-state index in [0.29, 0.717) is 0 Å². The Morgan fingerprint density at radius 1 is 1.03 bits per heavy atom. The van der Waals surface area contributed by atoms with E-state index < -0.39 is 6.10 Å². The topological polar surface area (TPSA) is 53.8 Å². The number of ether oxygens (including phenoxy) is 1. The number of nitrogens with one attached hydrogen (secondary N) is 1. The first-order valence-corrected chi connectivity index (χ1v) is 10.5. The Balaban J connectivity index is 0.00000225. The molecule has 2 aromatic carbocycles. The van der Waals surface area contributed by atoms with Crippen LogP contribution in [-0.2, 0) is 0 Å². The van der Waals surface area contributed by atoms with Crippen LogP contribution in [0.3, 0.4) is 0 Å². The first kappa shape index (κ1) is 26.5. The number of rotatable bonds is 9. The molecule has 1 heterocycles. The summed E-state index contributed by atoms with van der Waals surface area (Å²) in [5.41, 5.74) is 2.21. The predicted octanol–water partition coefficient (Wildman–Crippen LogP) is -5.52. The monoisotopic (exact) mass is 455 g/mol. The molecule has 2 aromatic rings. The number of quaternary nitrogens is 2. The number of hydrogen-bond acceptors (Lipinski definition) is 3. The zero-order chi connectivity index (χ0) is 19.8. The molecule has 0 amide bonds. The maximum absolute atomic E-state index is 10.5. The summed E-state index contributed by atoms with van der Waals surface area (Å²) in [6, 6.07) is 18.4. The molecule has 1 saturated heterocycles. The molecule has 168 valence electrons. The number of nitrogens with zero attached hydrogens (tertiary/aromatic N) is 1. The summed E-state index contributed by atoms with van der Waals surface area (Å²) in [6.45, 7) is 8.84. The SMILES string of the molecule is COc1ccccc1N1CC[NH+](CCC[NH2+]C(C)C(O)c2ccccc2)CC1.[Cl-].[Cl-]. The fourth-order valence-electron chi connectivity index (χ4n) is 4.02. The minimum atomic E-state index is -0.405. The van der Waals surface area contributed by atoms with E-state index in [4.69, 9.17) is 4.74 Å². The van der Waals surface area contributed by atoms with Crippen molar-refractivity contribution in [3.63, 3.8) is 0 Å². The molecule has 30 heavy (non-hydrogen) atoms. The van der Waals surface area contributed by atoms with Gasteiger partial charge in [-0.05, 0) is 24.6 Å². The van der Waals surface area contributed by atoms with Crippen LogP contribution in [0.5, 0.6) is 5.75 Å². The molecule has 0 bridgehead atoms. The van der Waals surface area contributed by atoms with Crippen LogP contribution in [0.2, 0.25) is 0 Å². The van der Waals surface area contributed by atoms with Gasteiger partial charge in [0, 0.05) is 6.42 Å². The van der Waals surface area contributed by atoms with Crippen molar-refractivity contribution < 1.29 is 44.9 Å². The van der Waals surface area contributed by atoms with E-state index in [1.807, 2.05) is 42.5 Å². The van der Waals surface area contributed by atoms with Crippen molar-refractivity contribution >= 4 is 5.69 Å². The lowest BCUT2D eigenvalue weighted by atomic mass is 10.0. The van der Waals surface area contributed by atoms with Gasteiger partial charge in [0.1, 0.15) is 17.9 Å². The summed E-state index contributed by atoms with van der Waals surface area (Å²) in [5, 5.41) is 12.7. The van der Waals surface area contributed by atoms with Crippen molar-refractivity contribution in [1.29, 1.82) is 0 Å². The lowest BCUT2D eigenvalue weighted by Gasteiger charge is -2.34. The Kier molecular flexibility index (Phi) is 12.1. The van der Waals surface area contributed by atoms with Crippen molar-refractivity contribution in [3.05, 3.63) is 60.2 Å². The number of aliphatic hydroxyl groups is 1. The highest BCUT2D eigenvalue weighted by atomic mass is 35.5. The number of benzene rings is 2. The highest BCUT2D eigenvalue weighted by molar-refractivity contribution is 5.58. The molecule has 3 rings (SSSR count). The minimum Gasteiger partial charge on any atom is -1.00 e. The number of halogens is 2. The molecular weight excluding hydrogens is 421 g/mol. The van der Waals surface area contributed by atoms with Gasteiger partial charge in [-0.3, -0.25) is 0 Å². The van der Waals surface area contributed by atoms with Gasteiger partial charge in [0.2, 0.25) is 0 Å². The Morgan fingerprint density at radius 3 is 2.33 bits per heavy atom. The molecule has 2 unspecified atom stereocenters. The van der Waals surface area contributed by atoms with Crippen LogP contribution in [0.1, 0.15) is 25.0 Å². The van der Waals surface area contributed by atoms with Gasteiger partial charge in [0.05, 0.1) is 52.1 Å². The zero-order valence-electron chi connectivity index (χ0n) is 17.9. The smallest absolute Gasteiger partial charge is 0.142 e. The first-order valence-electron chi connectivity index (χ1n) is 10.5. The van der Waals surface area contributed by atoms with E-state index in [-0.39, 0.29) is 30.9 Å². The van der Waals surface area contributed by atoms with Crippen LogP contribution < -0.4 is 44.7 Å². The van der Waals surface area contributed by atoms with Gasteiger partial charge in [-0.25, -0.2) is 0 Å². The van der Waals surface area contributed by atoms with Gasteiger partial charge in [0.25, 0.3) is 0 Å². The number of anilines is 1. The third kappa shape index (κ3) is 7.33. The number of nitrogens with two attached hydrogens (primary N) is 1. The van der Waals surface area contributed by atoms with Gasteiger partial charge in [-0.15, -0.1) is 0 Å². The normalized spacial score (nSPS) is 16.2. The lowest BCUT2D eigenvalue weighted by molar-refractivity contribution is -0.902. The maximum Gasteiger partial charge on any atom is 0.142 e. The van der Waals surface area contributed by atoms with Crippen molar-refractivity contribution in [2.75, 3.05) is 51.3 Å². The average Bonchev–Trinajstić information content (AvgIpc) is 2.77. The molecule has 5 nitrogen and oxygen atoms in total. The lowest BCUT2D eigenvalue weighted by Crippen LogP contribution is -3.15. The maximum atomic E-state index is 10.5. The summed E-state index contributed by atoms with van der Waals surface area (Å²) in [7, 11) is 1.74. The van der Waals surface area contributed by atoms with Crippen LogP contribution in [0.15, 0.2) is 54.6 Å². The number of hydrogen-bond donors (Lipinski definition) is 3. The van der Waals surface area contributed by atoms with E-state index in [9.17, 15) is 5.11 Å². The largest absolute Gasteiger partial charge is 1.00 e. The summed E-state index contributed by atoms with van der Waals surface area (Å²) >= 11 is 0. The van der Waals surface area contributed by atoms with E-state index in [1.165, 1.54) is 31.7 Å². The Bertz CT molecular complexity index is 713. The zero-order valence-corrected chi connectivity index (χ0v) is 19.4. The third-order valence-corrected chi connectivity index (χ3v) is 5.81. The Hall–Kier alpha value is -1.50. The van der Waals surface area contributed by atoms with Crippen molar-refractivity contribution in [2.45, 2.75) is 25.5 Å². The van der Waals surface area contributed by atoms with E-state index in [0.717, 1.165) is 30.9 Å². The van der Waals surface area contributed by atoms with Crippen LogP contribution in [0, 0.1) is 0 Å². The van der Waals surface area contributed by atoms with Gasteiger partial charge in [0.15, 0.2) is 0 Å². The van der Waals surface area contributed by atoms with Gasteiger partial charge in [-0.1, -0.05) is 42.5 Å². The second-order valence-electron chi connectivity index (χ2n) is 7.75. The first-order chi connectivity index (χ1) is 13.7. The van der Waals surface area contributed by atoms with Gasteiger partial charge in [-0.2, -0.15) is 0 Å². The fraction of sp³-hybridized carbons (Fsp3) is 0.478. The minimum absolute atomic E-state index is 0. The molecule has 2 atom stereocenters. The molecule has 0 saturated carbocycles. The Morgan fingerprint density at radius 2 is 1.67 bits per heavy atom. The van der Waals surface area contributed by atoms with E-state index in [2.05, 4.69) is 29.3 Å². The van der Waals surface area contributed by atoms with Crippen molar-refractivity contribution in [2.24, 2.45) is 0 Å². The second-order valence-corrected chi connectivity index (χ2v) is 7.75. The quantitative estimate of drug-likeness (QED) is 0.330. The van der Waals surface area contributed by atoms with Gasteiger partial charge < -0.3 is 49.8 Å². The molecule has 0 radical (unpaired) electrons. The average molecular weight is 456 g/mol. The third-order valence-electron chi connectivity index (χ3n) is 5.81. The summed E-state index contributed by atoms with van der Waals surface area (Å²) in [5.74, 6) is 0.964. The highest BCUT2D eigenvalue weighted by Gasteiger charge is 2.22. The van der Waals surface area contributed by atoms with E-state index in [1.54, 1.807) is 12.0 Å². The van der Waals surface area contributed by atoms with Crippen LogP contribution in [0.25, 0.3) is 0 Å². The predicted molar refractivity (Wildman–Crippen MR) is 113 cm³/mol. The van der Waals surface area contributed by atoms with E-state index >= 15 is 0 Å². The molecule has 1 fully saturated rings. The highest BCUT2D eigenvalue weighted by Crippen LogP contribution is 2.27. The second kappa shape index (κ2) is 13.7. The molecule has 0 aliphatic carbocycles. The van der Waals surface area contributed by atoms with Crippen molar-refractivity contribution in [3.8, 4) is 5.75 Å². The molecule has 1 aliphatic rings. The molecule has 1 aliphatic heterocycles. The summed E-state index contributed by atoms with van der Waals surface area (Å²) in [6.07, 6.45) is 0.772. The molecule has 0 aromatic heterocycles. The molecule has 0 spiro atoms. The molecule has 4 N–H and O–H groups in total. The van der Waals surface area contributed by atoms with Gasteiger partial charge >= 0.3 is 0 Å². The summed E-state index contributed by atoms with van der Waals surface area (Å²) < 4.78 is 5.51.